The van der Waals surface area contributed by atoms with Crippen molar-refractivity contribution in [2.45, 2.75) is 6.92 Å². The van der Waals surface area contributed by atoms with Gasteiger partial charge in [0.05, 0.1) is 0 Å². The first kappa shape index (κ1) is 14.8. The van der Waals surface area contributed by atoms with Crippen LogP contribution in [0.5, 0.6) is 0 Å². The van der Waals surface area contributed by atoms with Crippen molar-refractivity contribution >= 4 is 11.4 Å². The van der Waals surface area contributed by atoms with Crippen molar-refractivity contribution in [3.63, 3.8) is 0 Å². The Hall–Kier alpha value is -2.80. The predicted octanol–water partition coefficient (Wildman–Crippen LogP) is 5.95. The highest BCUT2D eigenvalue weighted by Crippen LogP contribution is 2.40. The largest absolute Gasteiger partial charge is 0.313 e. The fraction of sp³-hybridized carbons (Fsp3) is 0.130. The second-order valence-corrected chi connectivity index (χ2v) is 6.31. The number of benzene rings is 2. The molecule has 1 nitrogen and oxygen atoms in total. The van der Waals surface area contributed by atoms with E-state index in [1.54, 1.807) is 0 Å². The monoisotopic (exact) mass is 311 g/mol. The molecule has 2 aromatic carbocycles. The van der Waals surface area contributed by atoms with Crippen LogP contribution in [-0.2, 0) is 0 Å². The minimum Gasteiger partial charge on any atom is -0.313 e. The van der Waals surface area contributed by atoms with Gasteiger partial charge < -0.3 is 4.90 Å². The molecule has 0 radical (unpaired) electrons. The van der Waals surface area contributed by atoms with E-state index in [9.17, 15) is 0 Å². The van der Waals surface area contributed by atoms with E-state index in [-0.39, 0.29) is 0 Å². The van der Waals surface area contributed by atoms with Gasteiger partial charge in [-0.2, -0.15) is 0 Å². The number of nitrogens with zero attached hydrogens (tertiary/aromatic N) is 1. The summed E-state index contributed by atoms with van der Waals surface area (Å²) in [5.41, 5.74) is 5.05. The first-order valence-electron chi connectivity index (χ1n) is 8.49. The molecule has 118 valence electrons. The molecule has 2 atom stereocenters. The number of rotatable bonds is 3. The minimum atomic E-state index is 0.375. The molecule has 0 N–H and O–H groups in total. The molecule has 0 aromatic heterocycles. The molecule has 0 heterocycles. The van der Waals surface area contributed by atoms with Gasteiger partial charge in [-0.1, -0.05) is 72.9 Å². The number of allylic oxidation sites excluding steroid dienone is 7. The van der Waals surface area contributed by atoms with Gasteiger partial charge in [0.2, 0.25) is 0 Å². The number of anilines is 2. The highest BCUT2D eigenvalue weighted by molar-refractivity contribution is 5.72. The van der Waals surface area contributed by atoms with Gasteiger partial charge in [-0.3, -0.25) is 0 Å². The summed E-state index contributed by atoms with van der Waals surface area (Å²) in [4.78, 5) is 2.40. The van der Waals surface area contributed by atoms with E-state index in [1.807, 2.05) is 0 Å². The van der Waals surface area contributed by atoms with E-state index >= 15 is 0 Å². The summed E-state index contributed by atoms with van der Waals surface area (Å²) in [6, 6.07) is 19.3. The highest BCUT2D eigenvalue weighted by Gasteiger charge is 2.28. The van der Waals surface area contributed by atoms with Crippen LogP contribution < -0.4 is 4.90 Å². The number of para-hydroxylation sites is 2. The summed E-state index contributed by atoms with van der Waals surface area (Å²) in [6.07, 6.45) is 15.6. The van der Waals surface area contributed by atoms with Crippen LogP contribution >= 0.6 is 0 Å². The van der Waals surface area contributed by atoms with Gasteiger partial charge in [-0.25, -0.2) is 0 Å². The molecule has 1 heteroatoms. The zero-order valence-corrected chi connectivity index (χ0v) is 13.8. The summed E-state index contributed by atoms with van der Waals surface area (Å²) >= 11 is 0. The third-order valence-electron chi connectivity index (χ3n) is 4.75. The van der Waals surface area contributed by atoms with Crippen LogP contribution in [0, 0.1) is 18.8 Å². The maximum absolute atomic E-state index is 2.40. The molecule has 0 saturated carbocycles. The predicted molar refractivity (Wildman–Crippen MR) is 102 cm³/mol. The molecule has 4 rings (SSSR count). The molecule has 0 spiro atoms. The topological polar surface area (TPSA) is 3.24 Å². The molecular weight excluding hydrogens is 290 g/mol. The Morgan fingerprint density at radius 2 is 1.46 bits per heavy atom. The first-order chi connectivity index (χ1) is 11.8. The Balaban J connectivity index is 1.86. The highest BCUT2D eigenvalue weighted by atomic mass is 15.2. The Kier molecular flexibility index (Phi) is 3.92. The average molecular weight is 311 g/mol. The van der Waals surface area contributed by atoms with Gasteiger partial charge in [0, 0.05) is 28.9 Å². The van der Waals surface area contributed by atoms with Gasteiger partial charge in [0.25, 0.3) is 0 Å². The number of fused-ring (bicyclic) bond motifs is 1. The molecule has 24 heavy (non-hydrogen) atoms. The standard InChI is InChI=1S/C23H21N/c1-18-10-5-8-16-22(18)24(20-13-3-2-4-14-20)23-17-9-12-19-11-6-7-15-21(19)23/h2-17,19,21H,1H3. The molecule has 0 aliphatic heterocycles. The lowest BCUT2D eigenvalue weighted by Gasteiger charge is -2.36. The Labute approximate surface area is 143 Å². The van der Waals surface area contributed by atoms with Crippen molar-refractivity contribution < 1.29 is 0 Å². The molecule has 0 bridgehead atoms. The Morgan fingerprint density at radius 3 is 2.29 bits per heavy atom. The molecule has 2 aromatic rings. The Morgan fingerprint density at radius 1 is 0.750 bits per heavy atom. The van der Waals surface area contributed by atoms with Gasteiger partial charge >= 0.3 is 0 Å². The van der Waals surface area contributed by atoms with E-state index in [4.69, 9.17) is 0 Å². The van der Waals surface area contributed by atoms with E-state index in [1.165, 1.54) is 22.6 Å². The maximum atomic E-state index is 2.40. The van der Waals surface area contributed by atoms with Crippen molar-refractivity contribution in [1.82, 2.24) is 0 Å². The van der Waals surface area contributed by atoms with Gasteiger partial charge in [-0.15, -0.1) is 0 Å². The first-order valence-corrected chi connectivity index (χ1v) is 8.49. The molecule has 2 aliphatic carbocycles. The maximum Gasteiger partial charge on any atom is 0.0487 e. The fourth-order valence-electron chi connectivity index (χ4n) is 3.54. The van der Waals surface area contributed by atoms with Crippen LogP contribution in [0.15, 0.2) is 103 Å². The third kappa shape index (κ3) is 2.63. The lowest BCUT2D eigenvalue weighted by Crippen LogP contribution is -2.28. The molecule has 2 unspecified atom stereocenters. The number of aryl methyl sites for hydroxylation is 1. The van der Waals surface area contributed by atoms with E-state index in [2.05, 4.69) is 109 Å². The number of hydrogen-bond donors (Lipinski definition) is 0. The van der Waals surface area contributed by atoms with Gasteiger partial charge in [-0.05, 0) is 36.8 Å². The lowest BCUT2D eigenvalue weighted by molar-refractivity contribution is 0.612. The second kappa shape index (κ2) is 6.37. The summed E-state index contributed by atoms with van der Waals surface area (Å²) < 4.78 is 0. The average Bonchev–Trinajstić information content (AvgIpc) is 2.65. The van der Waals surface area contributed by atoms with Crippen molar-refractivity contribution in [3.8, 4) is 0 Å². The van der Waals surface area contributed by atoms with Crippen LogP contribution in [0.2, 0.25) is 0 Å². The molecule has 0 amide bonds. The minimum absolute atomic E-state index is 0.375. The van der Waals surface area contributed by atoms with Crippen molar-refractivity contribution in [2.75, 3.05) is 4.90 Å². The molecule has 0 saturated heterocycles. The smallest absolute Gasteiger partial charge is 0.0487 e. The van der Waals surface area contributed by atoms with Gasteiger partial charge in [0.15, 0.2) is 0 Å². The van der Waals surface area contributed by atoms with Crippen LogP contribution in [0.1, 0.15) is 5.56 Å². The van der Waals surface area contributed by atoms with Crippen LogP contribution in [0.3, 0.4) is 0 Å². The van der Waals surface area contributed by atoms with Crippen molar-refractivity contribution in [1.29, 1.82) is 0 Å². The fourth-order valence-corrected chi connectivity index (χ4v) is 3.54. The van der Waals surface area contributed by atoms with Crippen molar-refractivity contribution in [3.05, 3.63) is 108 Å². The summed E-state index contributed by atoms with van der Waals surface area (Å²) in [5.74, 6) is 0.810. The normalized spacial score (nSPS) is 21.3. The van der Waals surface area contributed by atoms with Crippen LogP contribution in [0.4, 0.5) is 11.4 Å². The van der Waals surface area contributed by atoms with E-state index < -0.39 is 0 Å². The lowest BCUT2D eigenvalue weighted by atomic mass is 9.82. The molecule has 2 aliphatic rings. The zero-order valence-electron chi connectivity index (χ0n) is 13.8. The second-order valence-electron chi connectivity index (χ2n) is 6.31. The SMILES string of the molecule is Cc1ccccc1N(C1=CC=CC2C=CC=CC12)c1ccccc1. The van der Waals surface area contributed by atoms with Crippen molar-refractivity contribution in [2.24, 2.45) is 11.8 Å². The van der Waals surface area contributed by atoms with E-state index in [0.717, 1.165) is 0 Å². The van der Waals surface area contributed by atoms with Crippen LogP contribution in [0.25, 0.3) is 0 Å². The molecule has 0 fully saturated rings. The molecular formula is C23H21N. The number of hydrogen-bond acceptors (Lipinski definition) is 1. The Bertz CT molecular complexity index is 839. The summed E-state index contributed by atoms with van der Waals surface area (Å²) in [7, 11) is 0. The van der Waals surface area contributed by atoms with Crippen LogP contribution in [-0.4, -0.2) is 0 Å². The third-order valence-corrected chi connectivity index (χ3v) is 4.75. The zero-order chi connectivity index (χ0) is 16.4. The van der Waals surface area contributed by atoms with Gasteiger partial charge in [0.1, 0.15) is 0 Å². The summed E-state index contributed by atoms with van der Waals surface area (Å²) in [5, 5.41) is 0. The quantitative estimate of drug-likeness (QED) is 0.677. The summed E-state index contributed by atoms with van der Waals surface area (Å²) in [6.45, 7) is 2.18. The van der Waals surface area contributed by atoms with E-state index in [0.29, 0.717) is 11.8 Å².